The van der Waals surface area contributed by atoms with Gasteiger partial charge in [0, 0.05) is 39.3 Å². The van der Waals surface area contributed by atoms with Crippen LogP contribution in [-0.2, 0) is 52.8 Å². The predicted molar refractivity (Wildman–Crippen MR) is 254 cm³/mol. The van der Waals surface area contributed by atoms with Gasteiger partial charge in [0.2, 0.25) is 10.0 Å². The number of hydrogen-bond acceptors (Lipinski definition) is 11. The Morgan fingerprint density at radius 2 is 0.955 bits per heavy atom. The SMILES string of the molecule is O=C(NCCCCNC(=O)NCCOCCOCCNS(=O)(=O)c1ccc(O[C@@H]2CCc3ccccc32)cc1)NCCOCCOCCNS(=O)c1ccc(O[C@@H]2CCc3ccccc32)cc1. The summed E-state index contributed by atoms with van der Waals surface area (Å²) in [7, 11) is -5.07. The minimum Gasteiger partial charge on any atom is -0.486 e. The third-order valence-corrected chi connectivity index (χ3v) is 13.5. The largest absolute Gasteiger partial charge is 0.486 e. The summed E-state index contributed by atoms with van der Waals surface area (Å²) in [5, 5.41) is 11.0. The molecular formula is C48H64N6O11S2. The van der Waals surface area contributed by atoms with Crippen LogP contribution < -0.4 is 40.2 Å². The number of fused-ring (bicyclic) bond motifs is 2. The van der Waals surface area contributed by atoms with Crippen molar-refractivity contribution < 1.29 is 50.6 Å². The minimum atomic E-state index is -3.70. The van der Waals surface area contributed by atoms with E-state index in [-0.39, 0.29) is 48.9 Å². The molecule has 19 heteroatoms. The highest BCUT2D eigenvalue weighted by Gasteiger charge is 2.25. The smallest absolute Gasteiger partial charge is 0.314 e. The second-order valence-corrected chi connectivity index (χ2v) is 18.8. The van der Waals surface area contributed by atoms with Gasteiger partial charge in [-0.1, -0.05) is 48.5 Å². The van der Waals surface area contributed by atoms with Gasteiger partial charge in [-0.3, -0.25) is 0 Å². The van der Waals surface area contributed by atoms with Gasteiger partial charge >= 0.3 is 12.1 Å². The Hall–Kier alpha value is -5.12. The van der Waals surface area contributed by atoms with Crippen molar-refractivity contribution in [3.05, 3.63) is 119 Å². The number of rotatable bonds is 31. The Labute approximate surface area is 396 Å². The van der Waals surface area contributed by atoms with Crippen LogP contribution in [0.3, 0.4) is 0 Å². The van der Waals surface area contributed by atoms with Crippen molar-refractivity contribution in [3.8, 4) is 11.5 Å². The van der Waals surface area contributed by atoms with Crippen LogP contribution in [-0.4, -0.2) is 117 Å². The zero-order chi connectivity index (χ0) is 46.9. The third kappa shape index (κ3) is 17.8. The Morgan fingerprint density at radius 3 is 1.46 bits per heavy atom. The van der Waals surface area contributed by atoms with Crippen LogP contribution in [0.4, 0.5) is 9.59 Å². The van der Waals surface area contributed by atoms with E-state index in [4.69, 9.17) is 28.4 Å². The van der Waals surface area contributed by atoms with E-state index in [2.05, 4.69) is 61.0 Å². The van der Waals surface area contributed by atoms with Crippen LogP contribution in [0.1, 0.15) is 60.1 Å². The fourth-order valence-corrected chi connectivity index (χ4v) is 9.30. The summed E-state index contributed by atoms with van der Waals surface area (Å²) in [5.41, 5.74) is 5.04. The van der Waals surface area contributed by atoms with E-state index in [0.29, 0.717) is 95.9 Å². The van der Waals surface area contributed by atoms with E-state index in [1.54, 1.807) is 12.1 Å². The van der Waals surface area contributed by atoms with E-state index in [1.165, 1.54) is 34.4 Å². The number of unbranched alkanes of at least 4 members (excludes halogenated alkanes) is 1. The number of aryl methyl sites for hydroxylation is 2. The van der Waals surface area contributed by atoms with Gasteiger partial charge in [-0.25, -0.2) is 31.7 Å². The molecule has 4 aromatic rings. The molecule has 3 atom stereocenters. The van der Waals surface area contributed by atoms with Crippen molar-refractivity contribution in [1.29, 1.82) is 0 Å². The van der Waals surface area contributed by atoms with Crippen LogP contribution in [0.5, 0.6) is 11.5 Å². The van der Waals surface area contributed by atoms with Crippen LogP contribution in [0.2, 0.25) is 0 Å². The number of amides is 4. The fraction of sp³-hybridized carbons (Fsp3) is 0.458. The van der Waals surface area contributed by atoms with E-state index in [0.717, 1.165) is 31.4 Å². The molecule has 2 aliphatic rings. The molecule has 0 aliphatic heterocycles. The van der Waals surface area contributed by atoms with Gasteiger partial charge in [-0.2, -0.15) is 0 Å². The summed E-state index contributed by atoms with van der Waals surface area (Å²) >= 11 is 0. The molecule has 67 heavy (non-hydrogen) atoms. The number of benzene rings is 4. The predicted octanol–water partition coefficient (Wildman–Crippen LogP) is 4.85. The van der Waals surface area contributed by atoms with Gasteiger partial charge in [0.1, 0.15) is 34.7 Å². The molecule has 0 aromatic heterocycles. The highest BCUT2D eigenvalue weighted by molar-refractivity contribution is 7.89. The molecule has 2 aliphatic carbocycles. The minimum absolute atomic E-state index is 0.0333. The lowest BCUT2D eigenvalue weighted by Gasteiger charge is -2.15. The average molecular weight is 965 g/mol. The van der Waals surface area contributed by atoms with Gasteiger partial charge < -0.3 is 49.7 Å². The van der Waals surface area contributed by atoms with Gasteiger partial charge in [0.25, 0.3) is 0 Å². The standard InChI is InChI=1S/C48H64N6O11S2/c55-47(51-25-29-60-33-35-62-31-27-53-66(57)41-17-13-39(14-18-41)64-45-21-11-37-7-1-3-9-43(37)45)49-23-5-6-24-50-48(56)52-26-30-61-34-36-63-32-28-54-67(58,59)42-19-15-40(16-20-42)65-46-22-12-38-8-2-4-10-44(38)46/h1-4,7-10,13-20,45-46,53-54H,5-6,11-12,21-36H2,(H2,49,51,55)(H2,50,52,56)/t45-,46-,66?/m1/s1. The molecular weight excluding hydrogens is 901 g/mol. The molecule has 364 valence electrons. The molecule has 6 N–H and O–H groups in total. The van der Waals surface area contributed by atoms with Gasteiger partial charge in [-0.15, -0.1) is 0 Å². The number of carbonyl (C=O) groups excluding carboxylic acids is 2. The lowest BCUT2D eigenvalue weighted by molar-refractivity contribution is 0.0516. The first kappa shape index (κ1) is 51.3. The zero-order valence-electron chi connectivity index (χ0n) is 37.8. The van der Waals surface area contributed by atoms with E-state index in [1.807, 2.05) is 42.5 Å². The molecule has 1 unspecified atom stereocenters. The van der Waals surface area contributed by atoms with Crippen LogP contribution in [0, 0.1) is 0 Å². The summed E-state index contributed by atoms with van der Waals surface area (Å²) in [6, 6.07) is 29.7. The topological polar surface area (TPSA) is 213 Å². The molecule has 4 amide bonds. The summed E-state index contributed by atoms with van der Waals surface area (Å²) in [6.07, 6.45) is 5.21. The fourth-order valence-electron chi connectivity index (χ4n) is 7.47. The Kier molecular flexibility index (Phi) is 21.6. The van der Waals surface area contributed by atoms with E-state index >= 15 is 0 Å². The highest BCUT2D eigenvalue weighted by Crippen LogP contribution is 2.36. The van der Waals surface area contributed by atoms with Gasteiger partial charge in [-0.05, 0) is 109 Å². The molecule has 0 saturated heterocycles. The van der Waals surface area contributed by atoms with Gasteiger partial charge in [0.15, 0.2) is 0 Å². The Bertz CT molecular complexity index is 2250. The number of urea groups is 2. The second kappa shape index (κ2) is 28.3. The van der Waals surface area contributed by atoms with Crippen molar-refractivity contribution in [2.45, 2.75) is 60.5 Å². The summed E-state index contributed by atoms with van der Waals surface area (Å²) in [4.78, 5) is 24.9. The molecule has 0 bridgehead atoms. The molecule has 0 spiro atoms. The molecule has 0 heterocycles. The summed E-state index contributed by atoms with van der Waals surface area (Å²) in [5.74, 6) is 1.38. The van der Waals surface area contributed by atoms with E-state index < -0.39 is 21.0 Å². The Morgan fingerprint density at radius 1 is 0.522 bits per heavy atom. The lowest BCUT2D eigenvalue weighted by atomic mass is 10.1. The number of ether oxygens (including phenoxy) is 6. The summed E-state index contributed by atoms with van der Waals surface area (Å²) < 4.78 is 77.8. The molecule has 0 radical (unpaired) electrons. The maximum Gasteiger partial charge on any atom is 0.314 e. The van der Waals surface area contributed by atoms with Crippen molar-refractivity contribution >= 4 is 33.1 Å². The average Bonchev–Trinajstić information content (AvgIpc) is 3.95. The molecule has 6 rings (SSSR count). The molecule has 0 fully saturated rings. The third-order valence-electron chi connectivity index (χ3n) is 10.9. The van der Waals surface area contributed by atoms with Crippen molar-refractivity contribution in [2.75, 3.05) is 92.1 Å². The number of hydrogen-bond donors (Lipinski definition) is 6. The first-order valence-electron chi connectivity index (χ1n) is 22.9. The Balaban J connectivity index is 0.654. The van der Waals surface area contributed by atoms with Crippen LogP contribution in [0.25, 0.3) is 0 Å². The highest BCUT2D eigenvalue weighted by atomic mass is 32.2. The maximum atomic E-state index is 12.7. The zero-order valence-corrected chi connectivity index (χ0v) is 39.5. The first-order chi connectivity index (χ1) is 32.7. The monoisotopic (exact) mass is 964 g/mol. The van der Waals surface area contributed by atoms with E-state index in [9.17, 15) is 22.2 Å². The molecule has 0 saturated carbocycles. The maximum absolute atomic E-state index is 12.7. The molecule has 17 nitrogen and oxygen atoms in total. The van der Waals surface area contributed by atoms with Gasteiger partial charge in [0.05, 0.1) is 62.6 Å². The van der Waals surface area contributed by atoms with Crippen LogP contribution in [0.15, 0.2) is 107 Å². The normalized spacial score (nSPS) is 15.6. The van der Waals surface area contributed by atoms with Crippen molar-refractivity contribution in [1.82, 2.24) is 30.7 Å². The first-order valence-corrected chi connectivity index (χ1v) is 25.6. The molecule has 4 aromatic carbocycles. The quantitative estimate of drug-likeness (QED) is 0.0375. The van der Waals surface area contributed by atoms with Crippen molar-refractivity contribution in [3.63, 3.8) is 0 Å². The number of carbonyl (C=O) groups is 2. The lowest BCUT2D eigenvalue weighted by Crippen LogP contribution is -2.39. The second-order valence-electron chi connectivity index (χ2n) is 15.7. The summed E-state index contributed by atoms with van der Waals surface area (Å²) in [6.45, 7) is 4.56. The van der Waals surface area contributed by atoms with Crippen LogP contribution >= 0.6 is 0 Å². The number of sulfonamides is 1. The van der Waals surface area contributed by atoms with Crippen molar-refractivity contribution in [2.24, 2.45) is 0 Å². The number of nitrogens with one attached hydrogen (secondary N) is 6.